The van der Waals surface area contributed by atoms with Gasteiger partial charge in [0.1, 0.15) is 15.5 Å². The molecule has 0 fully saturated rings. The Morgan fingerprint density at radius 3 is 2.54 bits per heavy atom. The molecule has 128 valence electrons. The Morgan fingerprint density at radius 2 is 1.77 bits per heavy atom. The summed E-state index contributed by atoms with van der Waals surface area (Å²) in [6.07, 6.45) is 4.07. The number of nitrogens with zero attached hydrogens (tertiary/aromatic N) is 3. The monoisotopic (exact) mass is 425 g/mol. The van der Waals surface area contributed by atoms with Crippen LogP contribution in [0.1, 0.15) is 17.5 Å². The molecule has 1 aliphatic heterocycles. The number of aliphatic imine (C=N–C) groups is 1. The number of hydrogen-bond donors (Lipinski definition) is 0. The summed E-state index contributed by atoms with van der Waals surface area (Å²) in [5.41, 5.74) is 5.29. The van der Waals surface area contributed by atoms with Gasteiger partial charge in [-0.2, -0.15) is 0 Å². The van der Waals surface area contributed by atoms with Crippen molar-refractivity contribution in [2.45, 2.75) is 12.8 Å². The Kier molecular flexibility index (Phi) is 4.66. The van der Waals surface area contributed by atoms with E-state index in [9.17, 15) is 4.79 Å². The number of rotatable bonds is 2. The standard InChI is InChI=1S/C20H13BrClN3O/c21-19-4-2-14(11-24-19)12-1-3-17-15(7-12)8-16(26)10-18(25-17)13-5-6-23-20(22)9-13/h1-7,9,11H,8,10H2. The summed E-state index contributed by atoms with van der Waals surface area (Å²) in [6.45, 7) is 0. The van der Waals surface area contributed by atoms with Crippen molar-refractivity contribution in [2.24, 2.45) is 4.99 Å². The predicted octanol–water partition coefficient (Wildman–Crippen LogP) is 5.20. The molecule has 0 unspecified atom stereocenters. The van der Waals surface area contributed by atoms with Gasteiger partial charge in [-0.25, -0.2) is 9.97 Å². The van der Waals surface area contributed by atoms with Crippen LogP contribution in [-0.2, 0) is 11.2 Å². The number of carbonyl (C=O) groups is 1. The van der Waals surface area contributed by atoms with E-state index in [0.717, 1.165) is 38.3 Å². The average Bonchev–Trinajstić information content (AvgIpc) is 2.79. The zero-order valence-electron chi connectivity index (χ0n) is 13.6. The van der Waals surface area contributed by atoms with E-state index >= 15 is 0 Å². The number of benzene rings is 1. The fraction of sp³-hybridized carbons (Fsp3) is 0.100. The summed E-state index contributed by atoms with van der Waals surface area (Å²) in [5.74, 6) is 0.126. The first-order chi connectivity index (χ1) is 12.6. The van der Waals surface area contributed by atoms with Gasteiger partial charge in [-0.3, -0.25) is 9.79 Å². The van der Waals surface area contributed by atoms with Crippen molar-refractivity contribution in [3.8, 4) is 11.1 Å². The fourth-order valence-electron chi connectivity index (χ4n) is 2.96. The maximum Gasteiger partial charge on any atom is 0.143 e. The molecule has 4 nitrogen and oxygen atoms in total. The van der Waals surface area contributed by atoms with Crippen LogP contribution in [0.15, 0.2) is 64.5 Å². The van der Waals surface area contributed by atoms with Gasteiger partial charge in [0, 0.05) is 36.4 Å². The highest BCUT2D eigenvalue weighted by Crippen LogP contribution is 2.31. The van der Waals surface area contributed by atoms with Crippen LogP contribution in [0, 0.1) is 0 Å². The van der Waals surface area contributed by atoms with Crippen LogP contribution < -0.4 is 0 Å². The summed E-state index contributed by atoms with van der Waals surface area (Å²) in [5, 5.41) is 0.389. The van der Waals surface area contributed by atoms with Crippen LogP contribution in [0.4, 0.5) is 5.69 Å². The number of ketones is 1. The molecule has 0 spiro atoms. The summed E-state index contributed by atoms with van der Waals surface area (Å²) in [7, 11) is 0. The van der Waals surface area contributed by atoms with E-state index in [-0.39, 0.29) is 12.2 Å². The largest absolute Gasteiger partial charge is 0.299 e. The Bertz CT molecular complexity index is 1030. The lowest BCUT2D eigenvalue weighted by molar-refractivity contribution is -0.117. The van der Waals surface area contributed by atoms with Crippen LogP contribution in [0.2, 0.25) is 5.15 Å². The van der Waals surface area contributed by atoms with Gasteiger partial charge < -0.3 is 0 Å². The Labute approximate surface area is 164 Å². The first kappa shape index (κ1) is 17.1. The molecule has 3 aromatic rings. The Morgan fingerprint density at radius 1 is 0.923 bits per heavy atom. The predicted molar refractivity (Wildman–Crippen MR) is 106 cm³/mol. The molecule has 0 bridgehead atoms. The van der Waals surface area contributed by atoms with E-state index < -0.39 is 0 Å². The molecule has 0 radical (unpaired) electrons. The normalized spacial score (nSPS) is 13.8. The molecule has 0 N–H and O–H groups in total. The van der Waals surface area contributed by atoms with Gasteiger partial charge in [-0.15, -0.1) is 0 Å². The van der Waals surface area contributed by atoms with Gasteiger partial charge in [0.2, 0.25) is 0 Å². The van der Waals surface area contributed by atoms with Gasteiger partial charge in [-0.1, -0.05) is 23.7 Å². The molecule has 26 heavy (non-hydrogen) atoms. The molecule has 1 aromatic carbocycles. The fourth-order valence-corrected chi connectivity index (χ4v) is 3.37. The lowest BCUT2D eigenvalue weighted by atomic mass is 9.99. The zero-order valence-corrected chi connectivity index (χ0v) is 16.0. The second-order valence-electron chi connectivity index (χ2n) is 6.03. The van der Waals surface area contributed by atoms with Crippen molar-refractivity contribution >= 4 is 44.7 Å². The summed E-state index contributed by atoms with van der Waals surface area (Å²) >= 11 is 9.32. The van der Waals surface area contributed by atoms with Gasteiger partial charge in [-0.05, 0) is 57.4 Å². The van der Waals surface area contributed by atoms with Crippen molar-refractivity contribution in [3.63, 3.8) is 0 Å². The summed E-state index contributed by atoms with van der Waals surface area (Å²) in [6, 6.07) is 13.4. The van der Waals surface area contributed by atoms with Crippen molar-refractivity contribution in [2.75, 3.05) is 0 Å². The van der Waals surface area contributed by atoms with Crippen LogP contribution >= 0.6 is 27.5 Å². The molecule has 3 heterocycles. The van der Waals surface area contributed by atoms with Crippen LogP contribution in [0.3, 0.4) is 0 Å². The van der Waals surface area contributed by atoms with Crippen LogP contribution in [0.5, 0.6) is 0 Å². The van der Waals surface area contributed by atoms with Crippen molar-refractivity contribution in [1.29, 1.82) is 0 Å². The van der Waals surface area contributed by atoms with Gasteiger partial charge >= 0.3 is 0 Å². The maximum atomic E-state index is 12.5. The molecule has 0 saturated heterocycles. The van der Waals surface area contributed by atoms with Gasteiger partial charge in [0.15, 0.2) is 0 Å². The van der Waals surface area contributed by atoms with Gasteiger partial charge in [0.25, 0.3) is 0 Å². The van der Waals surface area contributed by atoms with E-state index in [1.54, 1.807) is 18.5 Å². The number of halogens is 2. The number of fused-ring (bicyclic) bond motifs is 1. The van der Waals surface area contributed by atoms with Gasteiger partial charge in [0.05, 0.1) is 11.4 Å². The number of carbonyl (C=O) groups excluding carboxylic acids is 1. The third kappa shape index (κ3) is 3.59. The smallest absolute Gasteiger partial charge is 0.143 e. The molecule has 1 aliphatic rings. The highest BCUT2D eigenvalue weighted by atomic mass is 79.9. The molecule has 0 aliphatic carbocycles. The third-order valence-corrected chi connectivity index (χ3v) is 4.88. The van der Waals surface area contributed by atoms with Crippen molar-refractivity contribution < 1.29 is 4.79 Å². The number of hydrogen-bond acceptors (Lipinski definition) is 4. The van der Waals surface area contributed by atoms with Crippen molar-refractivity contribution in [1.82, 2.24) is 9.97 Å². The first-order valence-corrected chi connectivity index (χ1v) is 9.21. The number of aromatic nitrogens is 2. The SMILES string of the molecule is O=C1CC(c2ccnc(Cl)c2)=Nc2ccc(-c3ccc(Br)nc3)cc2C1. The average molecular weight is 427 g/mol. The molecule has 2 aromatic heterocycles. The minimum absolute atomic E-state index is 0.126. The first-order valence-electron chi connectivity index (χ1n) is 8.04. The second kappa shape index (κ2) is 7.09. The molecular formula is C20H13BrClN3O. The molecular weight excluding hydrogens is 414 g/mol. The third-order valence-electron chi connectivity index (χ3n) is 4.21. The summed E-state index contributed by atoms with van der Waals surface area (Å²) in [4.78, 5) is 25.4. The molecule has 0 atom stereocenters. The molecule has 6 heteroatoms. The zero-order chi connectivity index (χ0) is 18.1. The lowest BCUT2D eigenvalue weighted by Crippen LogP contribution is -2.09. The van der Waals surface area contributed by atoms with Crippen molar-refractivity contribution in [3.05, 3.63) is 75.7 Å². The Hall–Kier alpha value is -2.37. The lowest BCUT2D eigenvalue weighted by Gasteiger charge is -2.07. The highest BCUT2D eigenvalue weighted by Gasteiger charge is 2.18. The van der Waals surface area contributed by atoms with E-state index in [0.29, 0.717) is 11.6 Å². The molecule has 4 rings (SSSR count). The van der Waals surface area contributed by atoms with Crippen LogP contribution in [0.25, 0.3) is 11.1 Å². The quantitative estimate of drug-likeness (QED) is 0.530. The molecule has 0 amide bonds. The number of pyridine rings is 2. The highest BCUT2D eigenvalue weighted by molar-refractivity contribution is 9.10. The maximum absolute atomic E-state index is 12.5. The van der Waals surface area contributed by atoms with E-state index in [2.05, 4.69) is 25.9 Å². The van der Waals surface area contributed by atoms with E-state index in [1.807, 2.05) is 36.4 Å². The minimum Gasteiger partial charge on any atom is -0.299 e. The Balaban J connectivity index is 1.77. The second-order valence-corrected chi connectivity index (χ2v) is 7.23. The molecule has 0 saturated carbocycles. The van der Waals surface area contributed by atoms with E-state index in [4.69, 9.17) is 16.6 Å². The topological polar surface area (TPSA) is 55.2 Å². The summed E-state index contributed by atoms with van der Waals surface area (Å²) < 4.78 is 0.788. The minimum atomic E-state index is 0.126. The number of Topliss-reactive ketones (excluding diaryl/α,β-unsaturated/α-hetero) is 1. The van der Waals surface area contributed by atoms with E-state index in [1.165, 1.54) is 0 Å². The van der Waals surface area contributed by atoms with Crippen LogP contribution in [-0.4, -0.2) is 21.5 Å².